The summed E-state index contributed by atoms with van der Waals surface area (Å²) < 4.78 is 7.27. The van der Waals surface area contributed by atoms with Gasteiger partial charge in [-0.2, -0.15) is 5.10 Å². The molecular formula is C18H22N6O2. The van der Waals surface area contributed by atoms with Crippen molar-refractivity contribution in [3.63, 3.8) is 0 Å². The second-order valence-electron chi connectivity index (χ2n) is 6.31. The predicted octanol–water partition coefficient (Wildman–Crippen LogP) is 3.07. The summed E-state index contributed by atoms with van der Waals surface area (Å²) >= 11 is 0. The van der Waals surface area contributed by atoms with Crippen molar-refractivity contribution in [2.75, 3.05) is 5.32 Å². The van der Waals surface area contributed by atoms with Crippen molar-refractivity contribution in [1.29, 1.82) is 0 Å². The standard InChI is InChI=1S/C18H22N6O2/c1-11-9-13(3)24(23-11)10-12(2)19-18(25)20-16-7-5-15(6-8-16)17-22-21-14(4)26-17/h5-9,12H,10H2,1-4H3,(H2,19,20,25)/t12-/m0/s1. The van der Waals surface area contributed by atoms with E-state index in [0.29, 0.717) is 24.0 Å². The van der Waals surface area contributed by atoms with Crippen LogP contribution in [0.2, 0.25) is 0 Å². The summed E-state index contributed by atoms with van der Waals surface area (Å²) in [7, 11) is 0. The number of hydrogen-bond acceptors (Lipinski definition) is 5. The quantitative estimate of drug-likeness (QED) is 0.734. The van der Waals surface area contributed by atoms with E-state index in [-0.39, 0.29) is 12.1 Å². The Kier molecular flexibility index (Phi) is 5.01. The zero-order valence-electron chi connectivity index (χ0n) is 15.3. The minimum atomic E-state index is -0.264. The maximum atomic E-state index is 12.2. The van der Waals surface area contributed by atoms with Crippen molar-refractivity contribution < 1.29 is 9.21 Å². The first-order valence-electron chi connectivity index (χ1n) is 8.40. The molecule has 0 aliphatic heterocycles. The lowest BCUT2D eigenvalue weighted by Gasteiger charge is -2.15. The van der Waals surface area contributed by atoms with E-state index in [4.69, 9.17) is 4.42 Å². The fourth-order valence-electron chi connectivity index (χ4n) is 2.67. The third-order valence-corrected chi connectivity index (χ3v) is 3.84. The summed E-state index contributed by atoms with van der Waals surface area (Å²) in [6, 6.07) is 8.91. The summed E-state index contributed by atoms with van der Waals surface area (Å²) in [5, 5.41) is 17.9. The SMILES string of the molecule is Cc1cc(C)n(C[C@H](C)NC(=O)Nc2ccc(-c3nnc(C)o3)cc2)n1. The molecule has 8 nitrogen and oxygen atoms in total. The third-order valence-electron chi connectivity index (χ3n) is 3.84. The summed E-state index contributed by atoms with van der Waals surface area (Å²) in [6.07, 6.45) is 0. The van der Waals surface area contributed by atoms with Crippen LogP contribution in [0.25, 0.3) is 11.5 Å². The van der Waals surface area contributed by atoms with Gasteiger partial charge in [0.05, 0.1) is 12.2 Å². The molecule has 0 aliphatic carbocycles. The molecule has 0 fully saturated rings. The zero-order chi connectivity index (χ0) is 18.7. The van der Waals surface area contributed by atoms with Crippen LogP contribution in [-0.2, 0) is 6.54 Å². The van der Waals surface area contributed by atoms with E-state index in [9.17, 15) is 4.79 Å². The number of hydrogen-bond donors (Lipinski definition) is 2. The summed E-state index contributed by atoms with van der Waals surface area (Å²) in [5.74, 6) is 0.968. The highest BCUT2D eigenvalue weighted by atomic mass is 16.4. The smallest absolute Gasteiger partial charge is 0.319 e. The number of aryl methyl sites for hydroxylation is 3. The van der Waals surface area contributed by atoms with Crippen LogP contribution in [-0.4, -0.2) is 32.1 Å². The first-order chi connectivity index (χ1) is 12.4. The van der Waals surface area contributed by atoms with Crippen LogP contribution >= 0.6 is 0 Å². The van der Waals surface area contributed by atoms with Crippen LogP contribution in [0.1, 0.15) is 24.2 Å². The molecule has 136 valence electrons. The highest BCUT2D eigenvalue weighted by Crippen LogP contribution is 2.20. The number of benzene rings is 1. The van der Waals surface area contributed by atoms with E-state index < -0.39 is 0 Å². The third kappa shape index (κ3) is 4.27. The molecule has 0 radical (unpaired) electrons. The van der Waals surface area contributed by atoms with Crippen molar-refractivity contribution in [1.82, 2.24) is 25.3 Å². The normalized spacial score (nSPS) is 12.0. The molecule has 3 rings (SSSR count). The van der Waals surface area contributed by atoms with Crippen LogP contribution in [0, 0.1) is 20.8 Å². The number of urea groups is 1. The van der Waals surface area contributed by atoms with Gasteiger partial charge >= 0.3 is 6.03 Å². The highest BCUT2D eigenvalue weighted by Gasteiger charge is 2.11. The second-order valence-corrected chi connectivity index (χ2v) is 6.31. The first-order valence-corrected chi connectivity index (χ1v) is 8.40. The van der Waals surface area contributed by atoms with E-state index in [1.54, 1.807) is 19.1 Å². The maximum Gasteiger partial charge on any atom is 0.319 e. The number of rotatable bonds is 5. The average Bonchev–Trinajstić information content (AvgIpc) is 3.13. The lowest BCUT2D eigenvalue weighted by atomic mass is 10.2. The first kappa shape index (κ1) is 17.7. The summed E-state index contributed by atoms with van der Waals surface area (Å²) in [6.45, 7) is 8.25. The predicted molar refractivity (Wildman–Crippen MR) is 97.8 cm³/mol. The molecule has 26 heavy (non-hydrogen) atoms. The number of carbonyl (C=O) groups is 1. The Morgan fingerprint density at radius 2 is 1.92 bits per heavy atom. The molecule has 0 spiro atoms. The van der Waals surface area contributed by atoms with Gasteiger partial charge in [-0.1, -0.05) is 0 Å². The molecular weight excluding hydrogens is 332 g/mol. The molecule has 0 aliphatic rings. The summed E-state index contributed by atoms with van der Waals surface area (Å²) in [5.41, 5.74) is 3.52. The minimum Gasteiger partial charge on any atom is -0.421 e. The molecule has 3 aromatic rings. The molecule has 2 heterocycles. The molecule has 2 N–H and O–H groups in total. The van der Waals surface area contributed by atoms with E-state index in [2.05, 4.69) is 25.9 Å². The lowest BCUT2D eigenvalue weighted by Crippen LogP contribution is -2.38. The van der Waals surface area contributed by atoms with Gasteiger partial charge in [0.15, 0.2) is 0 Å². The van der Waals surface area contributed by atoms with E-state index in [1.165, 1.54) is 0 Å². The Morgan fingerprint density at radius 3 is 2.50 bits per heavy atom. The molecule has 0 bridgehead atoms. The van der Waals surface area contributed by atoms with Crippen LogP contribution < -0.4 is 10.6 Å². The molecule has 0 unspecified atom stereocenters. The number of carbonyl (C=O) groups excluding carboxylic acids is 1. The molecule has 0 saturated carbocycles. The van der Waals surface area contributed by atoms with Gasteiger partial charge < -0.3 is 15.1 Å². The maximum absolute atomic E-state index is 12.2. The van der Waals surface area contributed by atoms with Crippen LogP contribution in [0.15, 0.2) is 34.7 Å². The second kappa shape index (κ2) is 7.38. The van der Waals surface area contributed by atoms with Crippen LogP contribution in [0.5, 0.6) is 0 Å². The lowest BCUT2D eigenvalue weighted by molar-refractivity contribution is 0.247. The number of anilines is 1. The van der Waals surface area contributed by atoms with Gasteiger partial charge in [0.1, 0.15) is 0 Å². The highest BCUT2D eigenvalue weighted by molar-refractivity contribution is 5.89. The van der Waals surface area contributed by atoms with E-state index in [0.717, 1.165) is 17.0 Å². The molecule has 8 heteroatoms. The van der Waals surface area contributed by atoms with Gasteiger partial charge in [-0.25, -0.2) is 4.79 Å². The fraction of sp³-hybridized carbons (Fsp3) is 0.333. The molecule has 1 aromatic carbocycles. The molecule has 1 atom stereocenters. The number of nitrogens with one attached hydrogen (secondary N) is 2. The summed E-state index contributed by atoms with van der Waals surface area (Å²) in [4.78, 5) is 12.2. The van der Waals surface area contributed by atoms with Crippen LogP contribution in [0.4, 0.5) is 10.5 Å². The number of nitrogens with zero attached hydrogens (tertiary/aromatic N) is 4. The Bertz CT molecular complexity index is 897. The van der Waals surface area contributed by atoms with E-state index in [1.807, 2.05) is 43.7 Å². The van der Waals surface area contributed by atoms with Crippen molar-refractivity contribution in [2.45, 2.75) is 40.3 Å². The van der Waals surface area contributed by atoms with Crippen molar-refractivity contribution in [3.05, 3.63) is 47.6 Å². The van der Waals surface area contributed by atoms with Crippen molar-refractivity contribution in [2.24, 2.45) is 0 Å². The van der Waals surface area contributed by atoms with Crippen LogP contribution in [0.3, 0.4) is 0 Å². The topological polar surface area (TPSA) is 97.9 Å². The Labute approximate surface area is 151 Å². The fourth-order valence-corrected chi connectivity index (χ4v) is 2.67. The van der Waals surface area contributed by atoms with Crippen molar-refractivity contribution in [3.8, 4) is 11.5 Å². The van der Waals surface area contributed by atoms with Gasteiger partial charge in [-0.05, 0) is 51.1 Å². The van der Waals surface area contributed by atoms with Gasteiger partial charge in [-0.3, -0.25) is 4.68 Å². The zero-order valence-corrected chi connectivity index (χ0v) is 15.3. The Hall–Kier alpha value is -3.16. The minimum absolute atomic E-state index is 0.0614. The number of aromatic nitrogens is 4. The molecule has 0 saturated heterocycles. The monoisotopic (exact) mass is 354 g/mol. The van der Waals surface area contributed by atoms with Crippen molar-refractivity contribution >= 4 is 11.7 Å². The largest absolute Gasteiger partial charge is 0.421 e. The Morgan fingerprint density at radius 1 is 1.19 bits per heavy atom. The van der Waals surface area contributed by atoms with Gasteiger partial charge in [0.2, 0.25) is 11.8 Å². The number of amides is 2. The molecule has 2 aromatic heterocycles. The van der Waals surface area contributed by atoms with Gasteiger partial charge in [0.25, 0.3) is 0 Å². The van der Waals surface area contributed by atoms with Gasteiger partial charge in [0, 0.05) is 29.9 Å². The van der Waals surface area contributed by atoms with Gasteiger partial charge in [-0.15, -0.1) is 10.2 Å². The van der Waals surface area contributed by atoms with E-state index >= 15 is 0 Å². The average molecular weight is 354 g/mol. The Balaban J connectivity index is 1.55. The molecule has 2 amide bonds.